The topological polar surface area (TPSA) is 15.8 Å². The Labute approximate surface area is 137 Å². The summed E-state index contributed by atoms with van der Waals surface area (Å²) in [5.41, 5.74) is 3.77. The molecule has 1 nitrogen and oxygen atoms in total. The standard InChI is InChI=1S/C20H24ClN/c1-3-5-6-14(4-2)11-15-7-10-19-18(12-15)17-9-8-16(21)13-20(17)22-19/h7-10,12-14,22H,3-6,11H2,1-2H3. The molecule has 0 saturated carbocycles. The van der Waals surface area contributed by atoms with Crippen molar-refractivity contribution in [2.45, 2.75) is 46.0 Å². The van der Waals surface area contributed by atoms with Crippen molar-refractivity contribution in [1.29, 1.82) is 0 Å². The van der Waals surface area contributed by atoms with E-state index in [-0.39, 0.29) is 0 Å². The Hall–Kier alpha value is -1.47. The molecule has 1 aromatic heterocycles. The molecule has 116 valence electrons. The molecule has 3 aromatic rings. The van der Waals surface area contributed by atoms with Crippen molar-refractivity contribution in [2.24, 2.45) is 5.92 Å². The smallest absolute Gasteiger partial charge is 0.0479 e. The summed E-state index contributed by atoms with van der Waals surface area (Å²) in [6, 6.07) is 12.9. The summed E-state index contributed by atoms with van der Waals surface area (Å²) < 4.78 is 0. The highest BCUT2D eigenvalue weighted by molar-refractivity contribution is 6.31. The summed E-state index contributed by atoms with van der Waals surface area (Å²) in [5.74, 6) is 0.803. The van der Waals surface area contributed by atoms with Crippen LogP contribution in [0.15, 0.2) is 36.4 Å². The van der Waals surface area contributed by atoms with E-state index in [0.717, 1.165) is 16.5 Å². The molecular weight excluding hydrogens is 290 g/mol. The number of rotatable bonds is 6. The average Bonchev–Trinajstić information content (AvgIpc) is 2.88. The molecule has 2 aromatic carbocycles. The highest BCUT2D eigenvalue weighted by Gasteiger charge is 2.10. The Bertz CT molecular complexity index is 772. The van der Waals surface area contributed by atoms with Gasteiger partial charge in [0.15, 0.2) is 0 Å². The summed E-state index contributed by atoms with van der Waals surface area (Å²) in [7, 11) is 0. The molecule has 2 heteroatoms. The van der Waals surface area contributed by atoms with Crippen LogP contribution in [0.3, 0.4) is 0 Å². The molecule has 1 heterocycles. The number of benzene rings is 2. The molecule has 1 unspecified atom stereocenters. The maximum absolute atomic E-state index is 6.09. The molecule has 3 rings (SSSR count). The SMILES string of the molecule is CCCCC(CC)Cc1ccc2[nH]c3cc(Cl)ccc3c2c1. The highest BCUT2D eigenvalue weighted by Crippen LogP contribution is 2.29. The van der Waals surface area contributed by atoms with Crippen molar-refractivity contribution in [3.63, 3.8) is 0 Å². The van der Waals surface area contributed by atoms with Crippen molar-refractivity contribution in [3.05, 3.63) is 47.0 Å². The lowest BCUT2D eigenvalue weighted by molar-refractivity contribution is 0.449. The quantitative estimate of drug-likeness (QED) is 0.519. The second kappa shape index (κ2) is 6.75. The number of hydrogen-bond donors (Lipinski definition) is 1. The van der Waals surface area contributed by atoms with Crippen LogP contribution in [0, 0.1) is 5.92 Å². The summed E-state index contributed by atoms with van der Waals surface area (Å²) in [6.45, 7) is 4.59. The normalized spacial score (nSPS) is 13.0. The summed E-state index contributed by atoms with van der Waals surface area (Å²) in [5, 5.41) is 3.36. The Balaban J connectivity index is 1.93. The molecule has 0 spiro atoms. The molecule has 0 radical (unpaired) electrons. The van der Waals surface area contributed by atoms with E-state index in [0.29, 0.717) is 0 Å². The van der Waals surface area contributed by atoms with Gasteiger partial charge in [0.2, 0.25) is 0 Å². The van der Waals surface area contributed by atoms with Gasteiger partial charge in [0.25, 0.3) is 0 Å². The van der Waals surface area contributed by atoms with E-state index in [9.17, 15) is 0 Å². The first-order valence-corrected chi connectivity index (χ1v) is 8.79. The third-order valence-corrected chi connectivity index (χ3v) is 4.93. The Morgan fingerprint density at radius 2 is 1.86 bits per heavy atom. The third-order valence-electron chi connectivity index (χ3n) is 4.69. The van der Waals surface area contributed by atoms with Gasteiger partial charge in [-0.2, -0.15) is 0 Å². The fourth-order valence-electron chi connectivity index (χ4n) is 3.33. The van der Waals surface area contributed by atoms with Gasteiger partial charge in [-0.3, -0.25) is 0 Å². The summed E-state index contributed by atoms with van der Waals surface area (Å²) in [6.07, 6.45) is 6.42. The predicted molar refractivity (Wildman–Crippen MR) is 97.8 cm³/mol. The van der Waals surface area contributed by atoms with Crippen LogP contribution in [0.4, 0.5) is 0 Å². The second-order valence-electron chi connectivity index (χ2n) is 6.32. The van der Waals surface area contributed by atoms with Crippen LogP contribution in [0.2, 0.25) is 5.02 Å². The zero-order valence-electron chi connectivity index (χ0n) is 13.5. The molecule has 1 atom stereocenters. The van der Waals surface area contributed by atoms with Crippen LogP contribution >= 0.6 is 11.6 Å². The van der Waals surface area contributed by atoms with Crippen LogP contribution in [0.5, 0.6) is 0 Å². The molecule has 0 amide bonds. The number of H-pyrrole nitrogens is 1. The van der Waals surface area contributed by atoms with E-state index in [4.69, 9.17) is 11.6 Å². The van der Waals surface area contributed by atoms with E-state index in [1.54, 1.807) is 0 Å². The number of aromatic nitrogens is 1. The Kier molecular flexibility index (Phi) is 4.73. The second-order valence-corrected chi connectivity index (χ2v) is 6.75. The average molecular weight is 314 g/mol. The zero-order valence-corrected chi connectivity index (χ0v) is 14.2. The number of aromatic amines is 1. The van der Waals surface area contributed by atoms with Crippen LogP contribution in [-0.2, 0) is 6.42 Å². The van der Waals surface area contributed by atoms with Crippen molar-refractivity contribution in [2.75, 3.05) is 0 Å². The van der Waals surface area contributed by atoms with Crippen molar-refractivity contribution >= 4 is 33.4 Å². The Morgan fingerprint density at radius 3 is 2.64 bits per heavy atom. The van der Waals surface area contributed by atoms with E-state index in [1.807, 2.05) is 12.1 Å². The Morgan fingerprint density at radius 1 is 1.00 bits per heavy atom. The molecular formula is C20H24ClN. The third kappa shape index (κ3) is 3.15. The van der Waals surface area contributed by atoms with Gasteiger partial charge >= 0.3 is 0 Å². The van der Waals surface area contributed by atoms with E-state index >= 15 is 0 Å². The molecule has 0 fully saturated rings. The van der Waals surface area contributed by atoms with Gasteiger partial charge in [0.1, 0.15) is 0 Å². The van der Waals surface area contributed by atoms with Crippen LogP contribution in [0.25, 0.3) is 21.8 Å². The van der Waals surface area contributed by atoms with Crippen molar-refractivity contribution in [3.8, 4) is 0 Å². The van der Waals surface area contributed by atoms with Gasteiger partial charge in [0, 0.05) is 26.8 Å². The van der Waals surface area contributed by atoms with Gasteiger partial charge < -0.3 is 4.98 Å². The van der Waals surface area contributed by atoms with Gasteiger partial charge in [-0.15, -0.1) is 0 Å². The van der Waals surface area contributed by atoms with Gasteiger partial charge in [-0.25, -0.2) is 0 Å². The van der Waals surface area contributed by atoms with Crippen LogP contribution < -0.4 is 0 Å². The number of halogens is 1. The minimum absolute atomic E-state index is 0.782. The minimum Gasteiger partial charge on any atom is -0.354 e. The minimum atomic E-state index is 0.782. The lowest BCUT2D eigenvalue weighted by Crippen LogP contribution is -2.03. The zero-order chi connectivity index (χ0) is 15.5. The van der Waals surface area contributed by atoms with Gasteiger partial charge in [-0.1, -0.05) is 63.3 Å². The summed E-state index contributed by atoms with van der Waals surface area (Å²) >= 11 is 6.09. The number of hydrogen-bond acceptors (Lipinski definition) is 0. The lowest BCUT2D eigenvalue weighted by atomic mass is 9.91. The molecule has 0 bridgehead atoms. The van der Waals surface area contributed by atoms with Crippen LogP contribution in [-0.4, -0.2) is 4.98 Å². The van der Waals surface area contributed by atoms with E-state index in [2.05, 4.69) is 43.1 Å². The fraction of sp³-hybridized carbons (Fsp3) is 0.400. The number of nitrogens with one attached hydrogen (secondary N) is 1. The molecule has 0 aliphatic heterocycles. The molecule has 22 heavy (non-hydrogen) atoms. The maximum Gasteiger partial charge on any atom is 0.0479 e. The fourth-order valence-corrected chi connectivity index (χ4v) is 3.50. The van der Waals surface area contributed by atoms with Crippen molar-refractivity contribution in [1.82, 2.24) is 4.98 Å². The van der Waals surface area contributed by atoms with Crippen molar-refractivity contribution < 1.29 is 0 Å². The van der Waals surface area contributed by atoms with Crippen LogP contribution in [0.1, 0.15) is 45.1 Å². The lowest BCUT2D eigenvalue weighted by Gasteiger charge is -2.14. The summed E-state index contributed by atoms with van der Waals surface area (Å²) in [4.78, 5) is 3.46. The monoisotopic (exact) mass is 313 g/mol. The molecule has 0 aliphatic carbocycles. The molecule has 1 N–H and O–H groups in total. The largest absolute Gasteiger partial charge is 0.354 e. The molecule has 0 aliphatic rings. The van der Waals surface area contributed by atoms with E-state index < -0.39 is 0 Å². The first-order valence-electron chi connectivity index (χ1n) is 8.41. The first kappa shape index (κ1) is 15.4. The van der Waals surface area contributed by atoms with E-state index in [1.165, 1.54) is 54.0 Å². The number of unbranched alkanes of at least 4 members (excludes halogenated alkanes) is 1. The maximum atomic E-state index is 6.09. The first-order chi connectivity index (χ1) is 10.7. The highest BCUT2D eigenvalue weighted by atomic mass is 35.5. The van der Waals surface area contributed by atoms with Gasteiger partial charge in [-0.05, 0) is 42.2 Å². The predicted octanol–water partition coefficient (Wildman–Crippen LogP) is 6.73. The van der Waals surface area contributed by atoms with Gasteiger partial charge in [0.05, 0.1) is 0 Å². The number of fused-ring (bicyclic) bond motifs is 3. The molecule has 0 saturated heterocycles.